The number of hydrogen-bond acceptors (Lipinski definition) is 4. The molecule has 2 radical (unpaired) electrons. The molecule has 0 saturated carbocycles. The number of aromatic nitrogens is 2. The van der Waals surface area contributed by atoms with Gasteiger partial charge in [-0.15, -0.1) is 0 Å². The Bertz CT molecular complexity index is 571. The SMILES string of the molecule is [B]c1ccc(C(=O)O)c2ncc(OC)nc12. The van der Waals surface area contributed by atoms with E-state index >= 15 is 0 Å². The highest BCUT2D eigenvalue weighted by molar-refractivity contribution is 6.38. The van der Waals surface area contributed by atoms with Gasteiger partial charge in [0.15, 0.2) is 0 Å². The van der Waals surface area contributed by atoms with Crippen LogP contribution in [0.5, 0.6) is 5.88 Å². The first-order valence-electron chi connectivity index (χ1n) is 4.46. The summed E-state index contributed by atoms with van der Waals surface area (Å²) in [4.78, 5) is 19.0. The molecule has 1 heterocycles. The highest BCUT2D eigenvalue weighted by Crippen LogP contribution is 2.15. The zero-order valence-electron chi connectivity index (χ0n) is 8.47. The minimum Gasteiger partial charge on any atom is -0.480 e. The molecule has 0 amide bonds. The Morgan fingerprint density at radius 2 is 2.19 bits per heavy atom. The smallest absolute Gasteiger partial charge is 0.337 e. The van der Waals surface area contributed by atoms with Crippen LogP contribution in [0.25, 0.3) is 11.0 Å². The van der Waals surface area contributed by atoms with Crippen molar-refractivity contribution in [1.29, 1.82) is 0 Å². The average Bonchev–Trinajstić information content (AvgIpc) is 2.29. The summed E-state index contributed by atoms with van der Waals surface area (Å²) in [6.07, 6.45) is 1.36. The van der Waals surface area contributed by atoms with Crippen LogP contribution in [0, 0.1) is 0 Å². The van der Waals surface area contributed by atoms with Crippen molar-refractivity contribution >= 4 is 30.3 Å². The van der Waals surface area contributed by atoms with E-state index in [1.165, 1.54) is 25.4 Å². The Morgan fingerprint density at radius 3 is 2.81 bits per heavy atom. The van der Waals surface area contributed by atoms with Gasteiger partial charge in [0.2, 0.25) is 5.88 Å². The first-order chi connectivity index (χ1) is 7.63. The van der Waals surface area contributed by atoms with Gasteiger partial charge in [-0.1, -0.05) is 11.5 Å². The van der Waals surface area contributed by atoms with Crippen LogP contribution < -0.4 is 10.2 Å². The third-order valence-corrected chi connectivity index (χ3v) is 2.15. The maximum Gasteiger partial charge on any atom is 0.337 e. The molecule has 2 rings (SSSR count). The molecule has 0 fully saturated rings. The molecule has 2 aromatic rings. The van der Waals surface area contributed by atoms with Crippen LogP contribution in [0.15, 0.2) is 18.3 Å². The number of methoxy groups -OCH3 is 1. The number of aromatic carboxylic acids is 1. The molecule has 1 aromatic heterocycles. The van der Waals surface area contributed by atoms with Crippen LogP contribution in [0.2, 0.25) is 0 Å². The predicted molar refractivity (Wildman–Crippen MR) is 58.4 cm³/mol. The van der Waals surface area contributed by atoms with E-state index in [0.29, 0.717) is 16.9 Å². The Balaban J connectivity index is 2.80. The normalized spacial score (nSPS) is 10.3. The maximum atomic E-state index is 10.9. The van der Waals surface area contributed by atoms with Crippen molar-refractivity contribution in [2.24, 2.45) is 0 Å². The maximum absolute atomic E-state index is 10.9. The highest BCUT2D eigenvalue weighted by atomic mass is 16.5. The zero-order valence-corrected chi connectivity index (χ0v) is 8.47. The fourth-order valence-corrected chi connectivity index (χ4v) is 1.37. The van der Waals surface area contributed by atoms with Gasteiger partial charge in [0.25, 0.3) is 0 Å². The summed E-state index contributed by atoms with van der Waals surface area (Å²) >= 11 is 0. The van der Waals surface area contributed by atoms with E-state index in [0.717, 1.165) is 0 Å². The van der Waals surface area contributed by atoms with Gasteiger partial charge in [-0.05, 0) is 6.07 Å². The van der Waals surface area contributed by atoms with E-state index in [2.05, 4.69) is 9.97 Å². The van der Waals surface area contributed by atoms with E-state index in [4.69, 9.17) is 17.7 Å². The summed E-state index contributed by atoms with van der Waals surface area (Å²) in [7, 11) is 7.15. The van der Waals surface area contributed by atoms with E-state index in [9.17, 15) is 4.79 Å². The second-order valence-corrected chi connectivity index (χ2v) is 3.12. The van der Waals surface area contributed by atoms with E-state index in [-0.39, 0.29) is 11.1 Å². The average molecular weight is 214 g/mol. The Labute approximate surface area is 92.5 Å². The molecule has 1 N–H and O–H groups in total. The minimum absolute atomic E-state index is 0.0688. The molecule has 0 atom stereocenters. The molecule has 5 nitrogen and oxygen atoms in total. The first kappa shape index (κ1) is 10.4. The largest absolute Gasteiger partial charge is 0.480 e. The fourth-order valence-electron chi connectivity index (χ4n) is 1.37. The van der Waals surface area contributed by atoms with Crippen molar-refractivity contribution < 1.29 is 14.6 Å². The van der Waals surface area contributed by atoms with Gasteiger partial charge in [0.1, 0.15) is 13.4 Å². The lowest BCUT2D eigenvalue weighted by Gasteiger charge is -2.05. The topological polar surface area (TPSA) is 72.3 Å². The van der Waals surface area contributed by atoms with E-state index < -0.39 is 5.97 Å². The van der Waals surface area contributed by atoms with Gasteiger partial charge in [0.05, 0.1) is 24.4 Å². The second kappa shape index (κ2) is 3.81. The summed E-state index contributed by atoms with van der Waals surface area (Å²) < 4.78 is 4.90. The number of ether oxygens (including phenoxy) is 1. The Morgan fingerprint density at radius 1 is 1.44 bits per heavy atom. The van der Waals surface area contributed by atoms with Gasteiger partial charge in [-0.2, -0.15) is 0 Å². The summed E-state index contributed by atoms with van der Waals surface area (Å²) in [6.45, 7) is 0. The number of benzene rings is 1. The standard InChI is InChI=1S/C10H7BN2O3/c1-16-7-4-12-8-5(10(14)15)2-3-6(11)9(8)13-7/h2-4H,1H3,(H,14,15). The van der Waals surface area contributed by atoms with Crippen LogP contribution in [0.4, 0.5) is 0 Å². The van der Waals surface area contributed by atoms with Gasteiger partial charge < -0.3 is 9.84 Å². The second-order valence-electron chi connectivity index (χ2n) is 3.12. The minimum atomic E-state index is -1.07. The molecule has 0 aliphatic carbocycles. The lowest BCUT2D eigenvalue weighted by molar-refractivity contribution is 0.0699. The van der Waals surface area contributed by atoms with Gasteiger partial charge in [-0.25, -0.2) is 14.8 Å². The molecule has 0 aliphatic rings. The highest BCUT2D eigenvalue weighted by Gasteiger charge is 2.12. The lowest BCUT2D eigenvalue weighted by atomic mass is 9.93. The number of carboxylic acid groups (broad SMARTS) is 1. The van der Waals surface area contributed by atoms with Crippen LogP contribution >= 0.6 is 0 Å². The number of nitrogens with zero attached hydrogens (tertiary/aromatic N) is 2. The molecule has 6 heteroatoms. The quantitative estimate of drug-likeness (QED) is 0.719. The van der Waals surface area contributed by atoms with Crippen molar-refractivity contribution in [3.05, 3.63) is 23.9 Å². The molecule has 1 aromatic carbocycles. The van der Waals surface area contributed by atoms with Crippen molar-refractivity contribution in [3.63, 3.8) is 0 Å². The zero-order chi connectivity index (χ0) is 11.7. The summed E-state index contributed by atoms with van der Waals surface area (Å²) in [5, 5.41) is 8.96. The number of fused-ring (bicyclic) bond motifs is 1. The summed E-state index contributed by atoms with van der Waals surface area (Å²) in [5.41, 5.74) is 1.03. The fraction of sp³-hybridized carbons (Fsp3) is 0.100. The van der Waals surface area contributed by atoms with E-state index in [1.807, 2.05) is 0 Å². The summed E-state index contributed by atoms with van der Waals surface area (Å²) in [6, 6.07) is 2.89. The van der Waals surface area contributed by atoms with Crippen LogP contribution in [0.3, 0.4) is 0 Å². The van der Waals surface area contributed by atoms with Crippen LogP contribution in [-0.4, -0.2) is 36.0 Å². The van der Waals surface area contributed by atoms with Crippen LogP contribution in [0.1, 0.15) is 10.4 Å². The number of hydrogen-bond donors (Lipinski definition) is 1. The Hall–Kier alpha value is -2.11. The molecule has 0 aliphatic heterocycles. The van der Waals surface area contributed by atoms with Crippen molar-refractivity contribution in [2.45, 2.75) is 0 Å². The van der Waals surface area contributed by atoms with Crippen molar-refractivity contribution in [1.82, 2.24) is 9.97 Å². The lowest BCUT2D eigenvalue weighted by Crippen LogP contribution is -2.11. The van der Waals surface area contributed by atoms with Gasteiger partial charge >= 0.3 is 5.97 Å². The predicted octanol–water partition coefficient (Wildman–Crippen LogP) is 0.130. The third kappa shape index (κ3) is 1.58. The molecule has 0 saturated heterocycles. The van der Waals surface area contributed by atoms with Crippen molar-refractivity contribution in [2.75, 3.05) is 7.11 Å². The molecular weight excluding hydrogens is 207 g/mol. The molecule has 0 spiro atoms. The number of carbonyl (C=O) groups is 1. The van der Waals surface area contributed by atoms with Gasteiger partial charge in [-0.3, -0.25) is 0 Å². The molecule has 0 bridgehead atoms. The number of carboxylic acids is 1. The summed E-state index contributed by atoms with van der Waals surface area (Å²) in [5.74, 6) is -0.772. The van der Waals surface area contributed by atoms with E-state index in [1.54, 1.807) is 0 Å². The van der Waals surface area contributed by atoms with Crippen LogP contribution in [-0.2, 0) is 0 Å². The third-order valence-electron chi connectivity index (χ3n) is 2.15. The van der Waals surface area contributed by atoms with Crippen molar-refractivity contribution in [3.8, 4) is 5.88 Å². The molecular formula is C10H7BN2O3. The Kier molecular flexibility index (Phi) is 2.48. The first-order valence-corrected chi connectivity index (χ1v) is 4.46. The van der Waals surface area contributed by atoms with Gasteiger partial charge in [0, 0.05) is 0 Å². The number of rotatable bonds is 2. The molecule has 78 valence electrons. The molecule has 16 heavy (non-hydrogen) atoms. The molecule has 0 unspecified atom stereocenters. The monoisotopic (exact) mass is 214 g/mol.